The van der Waals surface area contributed by atoms with E-state index in [0.29, 0.717) is 11.8 Å². The molecule has 0 aromatic heterocycles. The third-order valence-electron chi connectivity index (χ3n) is 5.07. The van der Waals surface area contributed by atoms with Gasteiger partial charge in [-0.15, -0.1) is 69.1 Å². The van der Waals surface area contributed by atoms with Crippen molar-refractivity contribution in [1.82, 2.24) is 0 Å². The zero-order valence-corrected chi connectivity index (χ0v) is 25.7. The van der Waals surface area contributed by atoms with Gasteiger partial charge in [-0.1, -0.05) is 77.9 Å². The second-order valence-corrected chi connectivity index (χ2v) is 13.4. The molecule has 2 radical (unpaired) electrons. The van der Waals surface area contributed by atoms with E-state index in [4.69, 9.17) is 17.0 Å². The van der Waals surface area contributed by atoms with Crippen molar-refractivity contribution in [1.29, 1.82) is 0 Å². The number of aryl methyl sites for hydroxylation is 2. The molecule has 170 valence electrons. The molecule has 4 aromatic rings. The summed E-state index contributed by atoms with van der Waals surface area (Å²) in [7, 11) is 11.0. The van der Waals surface area contributed by atoms with Gasteiger partial charge in [0.25, 0.3) is 0 Å². The molecule has 0 bridgehead atoms. The Morgan fingerprint density at radius 2 is 1.31 bits per heavy atom. The molecule has 0 spiro atoms. The van der Waals surface area contributed by atoms with Crippen LogP contribution in [0.15, 0.2) is 60.7 Å². The molecule has 0 N–H and O–H groups in total. The molecule has 0 saturated heterocycles. The fourth-order valence-corrected chi connectivity index (χ4v) is 3.64. The minimum absolute atomic E-state index is 0.600. The Hall–Kier alpha value is -0.660. The summed E-state index contributed by atoms with van der Waals surface area (Å²) < 4.78 is 0. The SMILES string of the molecule is C[Si]C.Cc1cc2c(C(C)C)cc(C(C)C)cc2[cH-]1.Cc1cc2ccccc2[cH-]1.[Cl][Zr+2][Cl]. The van der Waals surface area contributed by atoms with Crippen LogP contribution in [0.1, 0.15) is 61.8 Å². The van der Waals surface area contributed by atoms with Crippen molar-refractivity contribution >= 4 is 48.1 Å². The van der Waals surface area contributed by atoms with Gasteiger partial charge < -0.3 is 0 Å². The van der Waals surface area contributed by atoms with E-state index in [9.17, 15) is 0 Å². The first-order chi connectivity index (χ1) is 15.2. The van der Waals surface area contributed by atoms with E-state index in [-0.39, 0.29) is 0 Å². The Morgan fingerprint density at radius 3 is 1.84 bits per heavy atom. The van der Waals surface area contributed by atoms with E-state index in [1.165, 1.54) is 43.8 Å². The number of hydrogen-bond donors (Lipinski definition) is 0. The zero-order chi connectivity index (χ0) is 24.3. The van der Waals surface area contributed by atoms with Crippen LogP contribution in [0.3, 0.4) is 0 Å². The molecular formula is C28H36Cl2SiZr. The maximum atomic E-state index is 4.93. The predicted octanol–water partition coefficient (Wildman–Crippen LogP) is 10.1. The van der Waals surface area contributed by atoms with Gasteiger partial charge in [0.1, 0.15) is 0 Å². The van der Waals surface area contributed by atoms with Crippen molar-refractivity contribution in [2.45, 2.75) is 66.5 Å². The van der Waals surface area contributed by atoms with E-state index in [0.717, 1.165) is 9.52 Å². The number of fused-ring (bicyclic) bond motifs is 2. The van der Waals surface area contributed by atoms with Gasteiger partial charge in [-0.3, -0.25) is 0 Å². The molecule has 32 heavy (non-hydrogen) atoms. The molecule has 0 amide bonds. The quantitative estimate of drug-likeness (QED) is 0.168. The summed E-state index contributed by atoms with van der Waals surface area (Å²) in [6.45, 7) is 17.7. The number of hydrogen-bond acceptors (Lipinski definition) is 0. The first kappa shape index (κ1) is 29.4. The van der Waals surface area contributed by atoms with E-state index >= 15 is 0 Å². The predicted molar refractivity (Wildman–Crippen MR) is 146 cm³/mol. The van der Waals surface area contributed by atoms with Crippen LogP contribution in [-0.2, 0) is 20.8 Å². The summed E-state index contributed by atoms with van der Waals surface area (Å²) in [4.78, 5) is 0. The second-order valence-electron chi connectivity index (χ2n) is 8.69. The van der Waals surface area contributed by atoms with Crippen LogP contribution < -0.4 is 0 Å². The van der Waals surface area contributed by atoms with Crippen molar-refractivity contribution in [3.63, 3.8) is 0 Å². The zero-order valence-electron chi connectivity index (χ0n) is 20.7. The monoisotopic (exact) mass is 560 g/mol. The molecule has 0 saturated carbocycles. The second kappa shape index (κ2) is 15.3. The summed E-state index contributed by atoms with van der Waals surface area (Å²) in [5, 5.41) is 5.55. The van der Waals surface area contributed by atoms with Gasteiger partial charge in [0, 0.05) is 9.52 Å². The third kappa shape index (κ3) is 9.30. The fourth-order valence-electron chi connectivity index (χ4n) is 3.64. The Morgan fingerprint density at radius 1 is 0.781 bits per heavy atom. The minimum atomic E-state index is -0.826. The number of halogens is 2. The standard InChI is InChI=1S/C16H21.C10H9.C2H6Si.2ClH.Zr/c1-10(2)13-8-14-6-12(5)7-16(14)15(9-13)11(3)4;1-8-6-9-4-2-3-5-10(9)7-8;1-3-2;;;/h6-11H,1-5H3;2-7H,1H3;1-2H3;2*1H;/q2*-1;;;;+4/p-2. The van der Waals surface area contributed by atoms with Crippen LogP contribution in [0.4, 0.5) is 0 Å². The first-order valence-electron chi connectivity index (χ1n) is 11.1. The molecule has 4 rings (SSSR count). The van der Waals surface area contributed by atoms with Crippen LogP contribution in [0.5, 0.6) is 0 Å². The van der Waals surface area contributed by atoms with Gasteiger partial charge in [-0.05, 0) is 11.8 Å². The van der Waals surface area contributed by atoms with Gasteiger partial charge in [-0.2, -0.15) is 12.1 Å². The molecule has 0 nitrogen and oxygen atoms in total. The van der Waals surface area contributed by atoms with Gasteiger partial charge in [0.05, 0.1) is 0 Å². The molecule has 0 heterocycles. The van der Waals surface area contributed by atoms with Crippen LogP contribution >= 0.6 is 17.0 Å². The molecule has 0 aliphatic rings. The van der Waals surface area contributed by atoms with E-state index in [1.54, 1.807) is 0 Å². The van der Waals surface area contributed by atoms with Crippen molar-refractivity contribution in [2.75, 3.05) is 0 Å². The molecule has 0 unspecified atom stereocenters. The molecular weight excluding hydrogens is 527 g/mol. The molecule has 4 aromatic carbocycles. The Labute approximate surface area is 216 Å². The summed E-state index contributed by atoms with van der Waals surface area (Å²) >= 11 is -0.826. The van der Waals surface area contributed by atoms with Crippen molar-refractivity contribution in [3.05, 3.63) is 82.9 Å². The molecule has 0 atom stereocenters. The van der Waals surface area contributed by atoms with E-state index < -0.39 is 20.8 Å². The van der Waals surface area contributed by atoms with Crippen molar-refractivity contribution in [3.8, 4) is 0 Å². The molecule has 4 heteroatoms. The van der Waals surface area contributed by atoms with Crippen molar-refractivity contribution in [2.24, 2.45) is 0 Å². The fraction of sp³-hybridized carbons (Fsp3) is 0.357. The summed E-state index contributed by atoms with van der Waals surface area (Å²) in [5.41, 5.74) is 5.68. The Bertz CT molecular complexity index is 1020. The Balaban J connectivity index is 0.000000272. The summed E-state index contributed by atoms with van der Waals surface area (Å²) in [5.74, 6) is 1.21. The topological polar surface area (TPSA) is 0 Å². The third-order valence-corrected chi connectivity index (χ3v) is 5.07. The maximum absolute atomic E-state index is 4.93. The van der Waals surface area contributed by atoms with Gasteiger partial charge in [0.15, 0.2) is 0 Å². The summed E-state index contributed by atoms with van der Waals surface area (Å²) in [6, 6.07) is 22.2. The summed E-state index contributed by atoms with van der Waals surface area (Å²) in [6.07, 6.45) is 0. The van der Waals surface area contributed by atoms with Crippen molar-refractivity contribution < 1.29 is 20.8 Å². The number of rotatable bonds is 2. The molecule has 0 fully saturated rings. The average Bonchev–Trinajstić information content (AvgIpc) is 3.28. The molecule has 0 aliphatic heterocycles. The normalized spacial score (nSPS) is 10.1. The average molecular weight is 563 g/mol. The van der Waals surface area contributed by atoms with Gasteiger partial charge in [0.2, 0.25) is 0 Å². The molecule has 0 aliphatic carbocycles. The van der Waals surface area contributed by atoms with Crippen LogP contribution in [-0.4, -0.2) is 9.52 Å². The van der Waals surface area contributed by atoms with E-state index in [2.05, 4.69) is 115 Å². The van der Waals surface area contributed by atoms with Gasteiger partial charge >= 0.3 is 37.9 Å². The number of benzene rings is 2. The Kier molecular flexibility index (Phi) is 14.0. The van der Waals surface area contributed by atoms with Crippen LogP contribution in [0, 0.1) is 13.8 Å². The van der Waals surface area contributed by atoms with Crippen LogP contribution in [0.2, 0.25) is 13.1 Å². The first-order valence-corrected chi connectivity index (χ1v) is 19.4. The van der Waals surface area contributed by atoms with E-state index in [1.807, 2.05) is 0 Å². The van der Waals surface area contributed by atoms with Crippen LogP contribution in [0.25, 0.3) is 21.5 Å². The van der Waals surface area contributed by atoms with Gasteiger partial charge in [-0.25, -0.2) is 0 Å².